The fraction of sp³-hybridized carbons (Fsp3) is 0.333. The molecule has 1 aliphatic rings. The van der Waals surface area contributed by atoms with Gasteiger partial charge in [0.15, 0.2) is 0 Å². The Labute approximate surface area is 89.8 Å². The van der Waals surface area contributed by atoms with E-state index in [9.17, 15) is 0 Å². The van der Waals surface area contributed by atoms with E-state index in [2.05, 4.69) is 11.4 Å². The number of halogens is 1. The predicted octanol–water partition coefficient (Wildman–Crippen LogP) is 3.86. The molecule has 0 atom stereocenters. The molecule has 0 radical (unpaired) electrons. The molecule has 0 bridgehead atoms. The zero-order valence-corrected chi connectivity index (χ0v) is 8.85. The molecule has 0 fully saturated rings. The van der Waals surface area contributed by atoms with Gasteiger partial charge in [-0.15, -0.1) is 0 Å². The summed E-state index contributed by atoms with van der Waals surface area (Å²) >= 11 is 5.89. The van der Waals surface area contributed by atoms with Gasteiger partial charge in [0, 0.05) is 17.3 Å². The van der Waals surface area contributed by atoms with Crippen molar-refractivity contribution in [1.29, 1.82) is 0 Å². The first kappa shape index (κ1) is 9.60. The molecule has 0 saturated heterocycles. The van der Waals surface area contributed by atoms with Gasteiger partial charge in [0.25, 0.3) is 0 Å². The quantitative estimate of drug-likeness (QED) is 0.743. The van der Waals surface area contributed by atoms with Crippen LogP contribution in [0.25, 0.3) is 0 Å². The normalized spacial score (nSPS) is 15.4. The van der Waals surface area contributed by atoms with E-state index in [4.69, 9.17) is 11.6 Å². The summed E-state index contributed by atoms with van der Waals surface area (Å²) in [5, 5.41) is 4.16. The van der Waals surface area contributed by atoms with E-state index in [1.165, 1.54) is 24.8 Å². The van der Waals surface area contributed by atoms with Crippen LogP contribution in [-0.4, -0.2) is 6.54 Å². The van der Waals surface area contributed by atoms with Gasteiger partial charge in [-0.05, 0) is 37.5 Å². The lowest BCUT2D eigenvalue weighted by atomic mass is 10.2. The fourth-order valence-electron chi connectivity index (χ4n) is 1.71. The number of hydrogen-bond acceptors (Lipinski definition) is 1. The monoisotopic (exact) mass is 207 g/mol. The first-order valence-electron chi connectivity index (χ1n) is 5.02. The van der Waals surface area contributed by atoms with Gasteiger partial charge in [0.05, 0.1) is 0 Å². The molecule has 1 aromatic rings. The SMILES string of the molecule is Clc1cccc(NCC2=CCCC2)c1. The summed E-state index contributed by atoms with van der Waals surface area (Å²) in [6.45, 7) is 0.959. The zero-order chi connectivity index (χ0) is 9.80. The van der Waals surface area contributed by atoms with Crippen molar-refractivity contribution in [2.45, 2.75) is 19.3 Å². The number of rotatable bonds is 3. The lowest BCUT2D eigenvalue weighted by molar-refractivity contribution is 0.897. The number of anilines is 1. The number of allylic oxidation sites excluding steroid dienone is 1. The third-order valence-electron chi connectivity index (χ3n) is 2.48. The lowest BCUT2D eigenvalue weighted by Gasteiger charge is -2.06. The van der Waals surface area contributed by atoms with Crippen molar-refractivity contribution in [2.24, 2.45) is 0 Å². The highest BCUT2D eigenvalue weighted by molar-refractivity contribution is 6.30. The van der Waals surface area contributed by atoms with Crippen molar-refractivity contribution in [1.82, 2.24) is 0 Å². The molecule has 1 aliphatic carbocycles. The van der Waals surface area contributed by atoms with Crippen LogP contribution in [0.3, 0.4) is 0 Å². The maximum absolute atomic E-state index is 5.89. The third kappa shape index (κ3) is 2.52. The summed E-state index contributed by atoms with van der Waals surface area (Å²) in [5.74, 6) is 0. The smallest absolute Gasteiger partial charge is 0.0426 e. The van der Waals surface area contributed by atoms with Gasteiger partial charge in [0.1, 0.15) is 0 Å². The van der Waals surface area contributed by atoms with Crippen LogP contribution >= 0.6 is 11.6 Å². The maximum atomic E-state index is 5.89. The molecule has 0 unspecified atom stereocenters. The standard InChI is InChI=1S/C12H14ClN/c13-11-6-3-7-12(8-11)14-9-10-4-1-2-5-10/h3-4,6-8,14H,1-2,5,9H2. The topological polar surface area (TPSA) is 12.0 Å². The molecule has 2 heteroatoms. The molecular weight excluding hydrogens is 194 g/mol. The van der Waals surface area contributed by atoms with Crippen LogP contribution in [0, 0.1) is 0 Å². The molecule has 0 amide bonds. The average molecular weight is 208 g/mol. The summed E-state index contributed by atoms with van der Waals surface area (Å²) in [4.78, 5) is 0. The fourth-order valence-corrected chi connectivity index (χ4v) is 1.90. The molecular formula is C12H14ClN. The molecule has 14 heavy (non-hydrogen) atoms. The van der Waals surface area contributed by atoms with E-state index in [-0.39, 0.29) is 0 Å². The van der Waals surface area contributed by atoms with E-state index >= 15 is 0 Å². The van der Waals surface area contributed by atoms with Gasteiger partial charge in [-0.2, -0.15) is 0 Å². The maximum Gasteiger partial charge on any atom is 0.0426 e. The van der Waals surface area contributed by atoms with Crippen molar-refractivity contribution in [3.63, 3.8) is 0 Å². The summed E-state index contributed by atoms with van der Waals surface area (Å²) in [6.07, 6.45) is 6.13. The van der Waals surface area contributed by atoms with Crippen molar-refractivity contribution in [2.75, 3.05) is 11.9 Å². The Morgan fingerprint density at radius 1 is 1.36 bits per heavy atom. The van der Waals surface area contributed by atoms with Crippen LogP contribution in [0.2, 0.25) is 5.02 Å². The molecule has 0 aromatic heterocycles. The van der Waals surface area contributed by atoms with E-state index in [1.807, 2.05) is 24.3 Å². The van der Waals surface area contributed by atoms with Crippen molar-refractivity contribution in [3.8, 4) is 0 Å². The Morgan fingerprint density at radius 3 is 3.00 bits per heavy atom. The average Bonchev–Trinajstić information content (AvgIpc) is 2.67. The molecule has 1 nitrogen and oxygen atoms in total. The van der Waals surface area contributed by atoms with Crippen molar-refractivity contribution in [3.05, 3.63) is 40.9 Å². The van der Waals surface area contributed by atoms with Crippen LogP contribution in [0.5, 0.6) is 0 Å². The molecule has 0 spiro atoms. The van der Waals surface area contributed by atoms with E-state index < -0.39 is 0 Å². The van der Waals surface area contributed by atoms with Gasteiger partial charge < -0.3 is 5.32 Å². The summed E-state index contributed by atoms with van der Waals surface area (Å²) in [7, 11) is 0. The summed E-state index contributed by atoms with van der Waals surface area (Å²) in [5.41, 5.74) is 2.62. The van der Waals surface area contributed by atoms with Crippen LogP contribution in [0.4, 0.5) is 5.69 Å². The van der Waals surface area contributed by atoms with Gasteiger partial charge in [-0.3, -0.25) is 0 Å². The molecule has 0 aliphatic heterocycles. The molecule has 74 valence electrons. The minimum Gasteiger partial charge on any atom is -0.381 e. The first-order chi connectivity index (χ1) is 6.84. The van der Waals surface area contributed by atoms with Gasteiger partial charge in [-0.25, -0.2) is 0 Å². The molecule has 2 rings (SSSR count). The van der Waals surface area contributed by atoms with Crippen LogP contribution < -0.4 is 5.32 Å². The largest absolute Gasteiger partial charge is 0.381 e. The Bertz CT molecular complexity index is 344. The van der Waals surface area contributed by atoms with E-state index in [1.54, 1.807) is 0 Å². The minimum absolute atomic E-state index is 0.787. The molecule has 1 N–H and O–H groups in total. The van der Waals surface area contributed by atoms with Crippen molar-refractivity contribution >= 4 is 17.3 Å². The van der Waals surface area contributed by atoms with Gasteiger partial charge in [-0.1, -0.05) is 29.3 Å². The van der Waals surface area contributed by atoms with Crippen LogP contribution in [0.15, 0.2) is 35.9 Å². The van der Waals surface area contributed by atoms with Crippen molar-refractivity contribution < 1.29 is 0 Å². The first-order valence-corrected chi connectivity index (χ1v) is 5.40. The Hall–Kier alpha value is -0.950. The minimum atomic E-state index is 0.787. The van der Waals surface area contributed by atoms with Gasteiger partial charge >= 0.3 is 0 Å². The second kappa shape index (κ2) is 4.52. The second-order valence-corrected chi connectivity index (χ2v) is 4.05. The van der Waals surface area contributed by atoms with Crippen LogP contribution in [-0.2, 0) is 0 Å². The Balaban J connectivity index is 1.91. The summed E-state index contributed by atoms with van der Waals surface area (Å²) < 4.78 is 0. The second-order valence-electron chi connectivity index (χ2n) is 3.62. The Morgan fingerprint density at radius 2 is 2.29 bits per heavy atom. The lowest BCUT2D eigenvalue weighted by Crippen LogP contribution is -2.02. The zero-order valence-electron chi connectivity index (χ0n) is 8.09. The van der Waals surface area contributed by atoms with E-state index in [0.29, 0.717) is 0 Å². The molecule has 1 aromatic carbocycles. The Kier molecular flexibility index (Phi) is 3.10. The highest BCUT2D eigenvalue weighted by Gasteiger charge is 2.03. The van der Waals surface area contributed by atoms with Gasteiger partial charge in [0.2, 0.25) is 0 Å². The number of hydrogen-bond donors (Lipinski definition) is 1. The summed E-state index contributed by atoms with van der Waals surface area (Å²) in [6, 6.07) is 7.85. The highest BCUT2D eigenvalue weighted by Crippen LogP contribution is 2.19. The highest BCUT2D eigenvalue weighted by atomic mass is 35.5. The molecule has 0 heterocycles. The van der Waals surface area contributed by atoms with Crippen LogP contribution in [0.1, 0.15) is 19.3 Å². The number of benzene rings is 1. The van der Waals surface area contributed by atoms with E-state index in [0.717, 1.165) is 17.3 Å². The predicted molar refractivity (Wildman–Crippen MR) is 61.9 cm³/mol. The number of nitrogens with one attached hydrogen (secondary N) is 1. The molecule has 0 saturated carbocycles. The third-order valence-corrected chi connectivity index (χ3v) is 2.71.